The second-order valence-corrected chi connectivity index (χ2v) is 5.08. The lowest BCUT2D eigenvalue weighted by Crippen LogP contribution is -2.43. The van der Waals surface area contributed by atoms with Crippen molar-refractivity contribution in [2.75, 3.05) is 38.1 Å². The Labute approximate surface area is 108 Å². The van der Waals surface area contributed by atoms with E-state index in [1.807, 2.05) is 11.9 Å². The zero-order valence-corrected chi connectivity index (χ0v) is 10.8. The van der Waals surface area contributed by atoms with Crippen molar-refractivity contribution in [1.29, 1.82) is 0 Å². The van der Waals surface area contributed by atoms with Crippen LogP contribution >= 0.6 is 0 Å². The molecule has 0 aromatic heterocycles. The topological polar surface area (TPSA) is 35.6 Å². The second kappa shape index (κ2) is 4.71. The number of carbonyl (C=O) groups is 1. The van der Waals surface area contributed by atoms with Crippen LogP contribution < -0.4 is 10.2 Å². The minimum Gasteiger partial charge on any atom is -0.315 e. The van der Waals surface area contributed by atoms with Gasteiger partial charge in [-0.05, 0) is 11.1 Å². The first kappa shape index (κ1) is 11.7. The minimum atomic E-state index is 0.206. The maximum absolute atomic E-state index is 11.8. The van der Waals surface area contributed by atoms with E-state index in [0.717, 1.165) is 38.4 Å². The van der Waals surface area contributed by atoms with Crippen molar-refractivity contribution < 1.29 is 4.79 Å². The molecule has 4 heteroatoms. The van der Waals surface area contributed by atoms with Gasteiger partial charge in [0.05, 0.1) is 12.1 Å². The van der Waals surface area contributed by atoms with Crippen molar-refractivity contribution >= 4 is 11.6 Å². The molecule has 0 unspecified atom stereocenters. The minimum absolute atomic E-state index is 0.206. The van der Waals surface area contributed by atoms with E-state index in [2.05, 4.69) is 28.4 Å². The Morgan fingerprint density at radius 3 is 2.83 bits per heavy atom. The number of amides is 1. The van der Waals surface area contributed by atoms with Crippen LogP contribution in [-0.2, 0) is 17.8 Å². The van der Waals surface area contributed by atoms with Crippen LogP contribution in [0.4, 0.5) is 5.69 Å². The van der Waals surface area contributed by atoms with E-state index in [1.165, 1.54) is 11.1 Å². The molecule has 0 spiro atoms. The number of rotatable bonds is 2. The third kappa shape index (κ3) is 2.02. The number of fused-ring (bicyclic) bond motifs is 1. The van der Waals surface area contributed by atoms with E-state index in [1.54, 1.807) is 0 Å². The summed E-state index contributed by atoms with van der Waals surface area (Å²) in [6.07, 6.45) is 0.557. The molecule has 0 saturated carbocycles. The predicted octanol–water partition coefficient (Wildman–Crippen LogP) is 0.611. The number of carbonyl (C=O) groups excluding carboxylic acids is 1. The Hall–Kier alpha value is -1.39. The van der Waals surface area contributed by atoms with E-state index in [4.69, 9.17) is 0 Å². The van der Waals surface area contributed by atoms with Crippen LogP contribution in [-0.4, -0.2) is 44.0 Å². The summed E-state index contributed by atoms with van der Waals surface area (Å²) in [6.45, 7) is 5.23. The summed E-state index contributed by atoms with van der Waals surface area (Å²) in [4.78, 5) is 16.0. The second-order valence-electron chi connectivity index (χ2n) is 5.08. The molecule has 0 bridgehead atoms. The summed E-state index contributed by atoms with van der Waals surface area (Å²) in [6, 6.07) is 6.29. The molecule has 0 atom stereocenters. The van der Waals surface area contributed by atoms with Crippen molar-refractivity contribution in [2.45, 2.75) is 13.0 Å². The van der Waals surface area contributed by atoms with Gasteiger partial charge in [0, 0.05) is 39.8 Å². The first-order chi connectivity index (χ1) is 8.75. The molecular weight excluding hydrogens is 226 g/mol. The van der Waals surface area contributed by atoms with Gasteiger partial charge in [-0.2, -0.15) is 0 Å². The van der Waals surface area contributed by atoms with Gasteiger partial charge in [-0.3, -0.25) is 9.69 Å². The third-order valence-electron chi connectivity index (χ3n) is 3.86. The molecule has 0 aliphatic carbocycles. The molecule has 1 aromatic rings. The Morgan fingerprint density at radius 2 is 2.06 bits per heavy atom. The Bertz CT molecular complexity index is 466. The average Bonchev–Trinajstić information content (AvgIpc) is 2.67. The molecule has 2 heterocycles. The number of hydrogen-bond donors (Lipinski definition) is 1. The van der Waals surface area contributed by atoms with Gasteiger partial charge in [-0.25, -0.2) is 0 Å². The van der Waals surface area contributed by atoms with Gasteiger partial charge in [0.25, 0.3) is 0 Å². The lowest BCUT2D eigenvalue weighted by molar-refractivity contribution is -0.117. The van der Waals surface area contributed by atoms with Crippen LogP contribution in [0.15, 0.2) is 18.2 Å². The Kier molecular flexibility index (Phi) is 3.06. The standard InChI is InChI=1S/C14H19N3O/c1-16-13(18)9-11-3-2-4-12(14(11)16)10-17-7-5-15-6-8-17/h2-4,15H,5-10H2,1H3. The fourth-order valence-electron chi connectivity index (χ4n) is 2.86. The number of likely N-dealkylation sites (N-methyl/N-ethyl adjacent to an activating group) is 1. The van der Waals surface area contributed by atoms with Crippen LogP contribution in [0.2, 0.25) is 0 Å². The maximum Gasteiger partial charge on any atom is 0.231 e. The third-order valence-corrected chi connectivity index (χ3v) is 3.86. The van der Waals surface area contributed by atoms with Crippen LogP contribution in [0, 0.1) is 0 Å². The average molecular weight is 245 g/mol. The van der Waals surface area contributed by atoms with Crippen LogP contribution in [0.5, 0.6) is 0 Å². The van der Waals surface area contributed by atoms with Gasteiger partial charge >= 0.3 is 0 Å². The van der Waals surface area contributed by atoms with E-state index >= 15 is 0 Å². The molecular formula is C14H19N3O. The van der Waals surface area contributed by atoms with Crippen molar-refractivity contribution in [3.63, 3.8) is 0 Å². The van der Waals surface area contributed by atoms with Crippen molar-refractivity contribution in [3.05, 3.63) is 29.3 Å². The summed E-state index contributed by atoms with van der Waals surface area (Å²) in [5.41, 5.74) is 3.60. The molecule has 4 nitrogen and oxygen atoms in total. The number of hydrogen-bond acceptors (Lipinski definition) is 3. The molecule has 1 N–H and O–H groups in total. The summed E-state index contributed by atoms with van der Waals surface area (Å²) in [5, 5.41) is 3.36. The van der Waals surface area contributed by atoms with E-state index in [-0.39, 0.29) is 5.91 Å². The normalized spacial score (nSPS) is 20.3. The largest absolute Gasteiger partial charge is 0.315 e. The van der Waals surface area contributed by atoms with Crippen molar-refractivity contribution in [3.8, 4) is 0 Å². The molecule has 18 heavy (non-hydrogen) atoms. The molecule has 2 aliphatic rings. The van der Waals surface area contributed by atoms with E-state index < -0.39 is 0 Å². The Morgan fingerprint density at radius 1 is 1.28 bits per heavy atom. The van der Waals surface area contributed by atoms with Crippen molar-refractivity contribution in [1.82, 2.24) is 10.2 Å². The maximum atomic E-state index is 11.8. The fourth-order valence-corrected chi connectivity index (χ4v) is 2.86. The van der Waals surface area contributed by atoms with Crippen LogP contribution in [0.25, 0.3) is 0 Å². The van der Waals surface area contributed by atoms with E-state index in [9.17, 15) is 4.79 Å². The summed E-state index contributed by atoms with van der Waals surface area (Å²) < 4.78 is 0. The number of nitrogens with one attached hydrogen (secondary N) is 1. The number of nitrogens with zero attached hydrogens (tertiary/aromatic N) is 2. The van der Waals surface area contributed by atoms with Crippen LogP contribution in [0.1, 0.15) is 11.1 Å². The molecule has 96 valence electrons. The highest BCUT2D eigenvalue weighted by Crippen LogP contribution is 2.32. The lowest BCUT2D eigenvalue weighted by Gasteiger charge is -2.28. The van der Waals surface area contributed by atoms with Gasteiger partial charge in [0.1, 0.15) is 0 Å². The first-order valence-electron chi connectivity index (χ1n) is 6.56. The fraction of sp³-hybridized carbons (Fsp3) is 0.500. The summed E-state index contributed by atoms with van der Waals surface area (Å²) >= 11 is 0. The highest BCUT2D eigenvalue weighted by molar-refractivity contribution is 6.01. The van der Waals surface area contributed by atoms with Gasteiger partial charge in [0.2, 0.25) is 5.91 Å². The highest BCUT2D eigenvalue weighted by atomic mass is 16.2. The number of para-hydroxylation sites is 1. The molecule has 1 aromatic carbocycles. The highest BCUT2D eigenvalue weighted by Gasteiger charge is 2.26. The molecule has 0 radical (unpaired) electrons. The van der Waals surface area contributed by atoms with Crippen LogP contribution in [0.3, 0.4) is 0 Å². The van der Waals surface area contributed by atoms with Gasteiger partial charge in [-0.1, -0.05) is 18.2 Å². The number of anilines is 1. The van der Waals surface area contributed by atoms with E-state index in [0.29, 0.717) is 6.42 Å². The monoisotopic (exact) mass is 245 g/mol. The quantitative estimate of drug-likeness (QED) is 0.829. The number of piperazine rings is 1. The zero-order valence-electron chi connectivity index (χ0n) is 10.8. The summed E-state index contributed by atoms with van der Waals surface area (Å²) in [7, 11) is 1.88. The molecule has 1 saturated heterocycles. The summed E-state index contributed by atoms with van der Waals surface area (Å²) in [5.74, 6) is 0.206. The van der Waals surface area contributed by atoms with Gasteiger partial charge < -0.3 is 10.2 Å². The first-order valence-corrected chi connectivity index (χ1v) is 6.56. The van der Waals surface area contributed by atoms with Gasteiger partial charge in [0.15, 0.2) is 0 Å². The smallest absolute Gasteiger partial charge is 0.231 e. The molecule has 2 aliphatic heterocycles. The Balaban J connectivity index is 1.85. The molecule has 1 amide bonds. The number of benzene rings is 1. The van der Waals surface area contributed by atoms with Gasteiger partial charge in [-0.15, -0.1) is 0 Å². The molecule has 3 rings (SSSR count). The predicted molar refractivity (Wildman–Crippen MR) is 71.7 cm³/mol. The SMILES string of the molecule is CN1C(=O)Cc2cccc(CN3CCNCC3)c21. The molecule has 1 fully saturated rings. The van der Waals surface area contributed by atoms with Crippen molar-refractivity contribution in [2.24, 2.45) is 0 Å². The zero-order chi connectivity index (χ0) is 12.5. The lowest BCUT2D eigenvalue weighted by atomic mass is 10.1.